The zero-order chi connectivity index (χ0) is 24.2. The summed E-state index contributed by atoms with van der Waals surface area (Å²) in [5, 5.41) is 13.3. The van der Waals surface area contributed by atoms with Gasteiger partial charge in [0.25, 0.3) is 0 Å². The van der Waals surface area contributed by atoms with Crippen molar-refractivity contribution < 1.29 is 28.5 Å². The number of aromatic nitrogens is 2. The Balaban J connectivity index is 1.56. The van der Waals surface area contributed by atoms with Gasteiger partial charge in [0.05, 0.1) is 31.7 Å². The summed E-state index contributed by atoms with van der Waals surface area (Å²) in [7, 11) is 4.49. The molecule has 2 aromatic heterocycles. The standard InChI is InChI=1S/C25H23FN2O5S/c1-31-21-10-7-14(11-22(21)32-2)19(29)8-9-20(30)25-27-18(12-23(28-25)33-3)16-13-34-24-15(16)5-4-6-17(24)26/h4-7,10-13,20,30H,8-9H2,1-3H3. The predicted octanol–water partition coefficient (Wildman–Crippen LogP) is 5.22. The maximum atomic E-state index is 14.1. The molecule has 0 saturated carbocycles. The van der Waals surface area contributed by atoms with E-state index in [-0.39, 0.29) is 36.1 Å². The number of fused-ring (bicyclic) bond motifs is 1. The van der Waals surface area contributed by atoms with Crippen LogP contribution in [0, 0.1) is 5.82 Å². The van der Waals surface area contributed by atoms with E-state index in [4.69, 9.17) is 14.2 Å². The molecule has 4 rings (SSSR count). The predicted molar refractivity (Wildman–Crippen MR) is 127 cm³/mol. The molecule has 0 aliphatic heterocycles. The molecule has 0 bridgehead atoms. The molecular weight excluding hydrogens is 459 g/mol. The summed E-state index contributed by atoms with van der Waals surface area (Å²) in [6.07, 6.45) is -0.919. The number of halogens is 1. The Hall–Kier alpha value is -3.56. The van der Waals surface area contributed by atoms with Gasteiger partial charge in [-0.1, -0.05) is 12.1 Å². The maximum Gasteiger partial charge on any atom is 0.216 e. The van der Waals surface area contributed by atoms with Crippen LogP contribution in [0.4, 0.5) is 4.39 Å². The fraction of sp³-hybridized carbons (Fsp3) is 0.240. The van der Waals surface area contributed by atoms with Gasteiger partial charge in [-0.3, -0.25) is 4.79 Å². The molecule has 34 heavy (non-hydrogen) atoms. The van der Waals surface area contributed by atoms with E-state index in [1.54, 1.807) is 30.3 Å². The molecule has 1 N–H and O–H groups in total. The molecule has 1 unspecified atom stereocenters. The molecule has 0 fully saturated rings. The van der Waals surface area contributed by atoms with E-state index in [0.29, 0.717) is 27.5 Å². The van der Waals surface area contributed by atoms with Gasteiger partial charge in [-0.25, -0.2) is 9.37 Å². The van der Waals surface area contributed by atoms with Crippen LogP contribution >= 0.6 is 11.3 Å². The number of hydrogen-bond donors (Lipinski definition) is 1. The average molecular weight is 483 g/mol. The minimum Gasteiger partial charge on any atom is -0.493 e. The molecule has 0 aliphatic carbocycles. The van der Waals surface area contributed by atoms with E-state index in [2.05, 4.69) is 9.97 Å². The highest BCUT2D eigenvalue weighted by Crippen LogP contribution is 2.36. The second-order valence-electron chi connectivity index (χ2n) is 7.47. The zero-order valence-electron chi connectivity index (χ0n) is 18.9. The number of rotatable bonds is 9. The van der Waals surface area contributed by atoms with Crippen LogP contribution in [0.1, 0.15) is 35.1 Å². The van der Waals surface area contributed by atoms with Crippen molar-refractivity contribution in [1.82, 2.24) is 9.97 Å². The summed E-state index contributed by atoms with van der Waals surface area (Å²) < 4.78 is 30.4. The quantitative estimate of drug-likeness (QED) is 0.327. The first-order valence-electron chi connectivity index (χ1n) is 10.5. The Morgan fingerprint density at radius 2 is 1.85 bits per heavy atom. The van der Waals surface area contributed by atoms with E-state index in [1.807, 2.05) is 11.4 Å². The van der Waals surface area contributed by atoms with E-state index in [1.165, 1.54) is 38.7 Å². The van der Waals surface area contributed by atoms with Crippen molar-refractivity contribution in [3.63, 3.8) is 0 Å². The third-order valence-electron chi connectivity index (χ3n) is 5.41. The first-order valence-corrected chi connectivity index (χ1v) is 11.4. The topological polar surface area (TPSA) is 90.8 Å². The summed E-state index contributed by atoms with van der Waals surface area (Å²) >= 11 is 1.28. The molecular formula is C25H23FN2O5S. The van der Waals surface area contributed by atoms with Gasteiger partial charge in [-0.15, -0.1) is 11.3 Å². The fourth-order valence-electron chi connectivity index (χ4n) is 3.61. The number of carbonyl (C=O) groups excluding carboxylic acids is 1. The third-order valence-corrected chi connectivity index (χ3v) is 6.41. The second-order valence-corrected chi connectivity index (χ2v) is 8.35. The number of hydrogen-bond acceptors (Lipinski definition) is 8. The summed E-state index contributed by atoms with van der Waals surface area (Å²) in [6.45, 7) is 0. The van der Waals surface area contributed by atoms with Gasteiger partial charge < -0.3 is 19.3 Å². The van der Waals surface area contributed by atoms with Crippen LogP contribution in [0.3, 0.4) is 0 Å². The lowest BCUT2D eigenvalue weighted by atomic mass is 10.0. The van der Waals surface area contributed by atoms with E-state index in [9.17, 15) is 14.3 Å². The highest BCUT2D eigenvalue weighted by molar-refractivity contribution is 7.17. The summed E-state index contributed by atoms with van der Waals surface area (Å²) in [6, 6.07) is 11.4. The lowest BCUT2D eigenvalue weighted by Gasteiger charge is -2.13. The molecule has 0 saturated heterocycles. The smallest absolute Gasteiger partial charge is 0.216 e. The van der Waals surface area contributed by atoms with Crippen LogP contribution in [-0.4, -0.2) is 42.2 Å². The Kier molecular flexibility index (Phi) is 7.04. The number of benzene rings is 2. The number of ether oxygens (including phenoxy) is 3. The minimum absolute atomic E-state index is 0.0686. The summed E-state index contributed by atoms with van der Waals surface area (Å²) in [5.41, 5.74) is 1.67. The fourth-order valence-corrected chi connectivity index (χ4v) is 4.57. The summed E-state index contributed by atoms with van der Waals surface area (Å²) in [5.74, 6) is 0.906. The van der Waals surface area contributed by atoms with Crippen molar-refractivity contribution >= 4 is 27.2 Å². The van der Waals surface area contributed by atoms with Gasteiger partial charge in [-0.05, 0) is 30.7 Å². The van der Waals surface area contributed by atoms with Crippen LogP contribution in [0.25, 0.3) is 21.3 Å². The van der Waals surface area contributed by atoms with Crippen LogP contribution < -0.4 is 14.2 Å². The van der Waals surface area contributed by atoms with Gasteiger partial charge in [0.15, 0.2) is 23.1 Å². The summed E-state index contributed by atoms with van der Waals surface area (Å²) in [4.78, 5) is 21.5. The number of methoxy groups -OCH3 is 3. The Morgan fingerprint density at radius 1 is 1.06 bits per heavy atom. The number of Topliss-reactive ketones (excluding diaryl/α,β-unsaturated/α-hetero) is 1. The number of aliphatic hydroxyl groups excluding tert-OH is 1. The molecule has 1 atom stereocenters. The van der Waals surface area contributed by atoms with E-state index >= 15 is 0 Å². The van der Waals surface area contributed by atoms with Gasteiger partial charge in [0.2, 0.25) is 5.88 Å². The van der Waals surface area contributed by atoms with Crippen molar-refractivity contribution in [3.05, 3.63) is 65.0 Å². The molecule has 4 aromatic rings. The molecule has 2 aromatic carbocycles. The molecule has 0 aliphatic rings. The molecule has 2 heterocycles. The molecule has 9 heteroatoms. The van der Waals surface area contributed by atoms with E-state index in [0.717, 1.165) is 10.9 Å². The number of ketones is 1. The minimum atomic E-state index is -1.10. The third kappa shape index (κ3) is 4.71. The second kappa shape index (κ2) is 10.1. The molecule has 0 amide bonds. The largest absolute Gasteiger partial charge is 0.493 e. The Bertz CT molecular complexity index is 1340. The monoisotopic (exact) mass is 482 g/mol. The van der Waals surface area contributed by atoms with Gasteiger partial charge >= 0.3 is 0 Å². The van der Waals surface area contributed by atoms with Crippen molar-refractivity contribution in [3.8, 4) is 28.6 Å². The highest BCUT2D eigenvalue weighted by Gasteiger charge is 2.19. The van der Waals surface area contributed by atoms with E-state index < -0.39 is 6.10 Å². The van der Waals surface area contributed by atoms with Gasteiger partial charge in [0, 0.05) is 34.4 Å². The van der Waals surface area contributed by atoms with Crippen LogP contribution in [0.5, 0.6) is 17.4 Å². The zero-order valence-corrected chi connectivity index (χ0v) is 19.7. The van der Waals surface area contributed by atoms with Crippen LogP contribution in [-0.2, 0) is 0 Å². The Morgan fingerprint density at radius 3 is 2.59 bits per heavy atom. The van der Waals surface area contributed by atoms with Crippen LogP contribution in [0.2, 0.25) is 0 Å². The number of nitrogens with zero attached hydrogens (tertiary/aromatic N) is 2. The molecule has 7 nitrogen and oxygen atoms in total. The molecule has 176 valence electrons. The normalized spacial score (nSPS) is 11.9. The highest BCUT2D eigenvalue weighted by atomic mass is 32.1. The van der Waals surface area contributed by atoms with Crippen LogP contribution in [0.15, 0.2) is 47.8 Å². The molecule has 0 radical (unpaired) electrons. The first kappa shape index (κ1) is 23.6. The van der Waals surface area contributed by atoms with Crippen molar-refractivity contribution in [2.75, 3.05) is 21.3 Å². The van der Waals surface area contributed by atoms with Crippen molar-refractivity contribution in [2.24, 2.45) is 0 Å². The maximum absolute atomic E-state index is 14.1. The van der Waals surface area contributed by atoms with Gasteiger partial charge in [-0.2, -0.15) is 4.98 Å². The SMILES string of the molecule is COc1cc(-c2csc3c(F)cccc23)nc(C(O)CCC(=O)c2ccc(OC)c(OC)c2)n1. The van der Waals surface area contributed by atoms with Gasteiger partial charge in [0.1, 0.15) is 11.9 Å². The number of thiophene rings is 1. The lowest BCUT2D eigenvalue weighted by molar-refractivity contribution is 0.0933. The lowest BCUT2D eigenvalue weighted by Crippen LogP contribution is -2.09. The van der Waals surface area contributed by atoms with Crippen molar-refractivity contribution in [1.29, 1.82) is 0 Å². The first-order chi connectivity index (χ1) is 16.4. The number of carbonyl (C=O) groups is 1. The number of aliphatic hydroxyl groups is 1. The molecule has 0 spiro atoms. The average Bonchev–Trinajstić information content (AvgIpc) is 3.31. The Labute approximate surface area is 199 Å². The van der Waals surface area contributed by atoms with Crippen molar-refractivity contribution in [2.45, 2.75) is 18.9 Å².